The second-order valence-electron chi connectivity index (χ2n) is 12.2. The molecule has 11 heteroatoms. The average Bonchev–Trinajstić information content (AvgIpc) is 3.66. The number of hydroxylamine groups is 2. The van der Waals surface area contributed by atoms with Crippen LogP contribution >= 0.6 is 0 Å². The minimum atomic E-state index is -1.06. The summed E-state index contributed by atoms with van der Waals surface area (Å²) in [5.74, 6) is -1.44. The third-order valence-corrected chi connectivity index (χ3v) is 9.27. The predicted molar refractivity (Wildman–Crippen MR) is 192 cm³/mol. The number of alkyl carbamates (subject to hydrolysis) is 2. The van der Waals surface area contributed by atoms with E-state index < -0.39 is 30.2 Å². The summed E-state index contributed by atoms with van der Waals surface area (Å²) >= 11 is 0. The van der Waals surface area contributed by atoms with E-state index in [0.29, 0.717) is 12.8 Å². The Hall–Kier alpha value is -5.68. The van der Waals surface area contributed by atoms with Crippen molar-refractivity contribution in [1.29, 1.82) is 0 Å². The largest absolute Gasteiger partial charge is 0.480 e. The van der Waals surface area contributed by atoms with E-state index in [2.05, 4.69) is 47.0 Å². The maximum absolute atomic E-state index is 12.3. The zero-order chi connectivity index (χ0) is 36.5. The molecule has 266 valence electrons. The molecule has 3 N–H and O–H groups in total. The Balaban J connectivity index is 0.000000199. The van der Waals surface area contributed by atoms with E-state index >= 15 is 0 Å². The van der Waals surface area contributed by atoms with Gasteiger partial charge in [0.05, 0.1) is 7.11 Å². The summed E-state index contributed by atoms with van der Waals surface area (Å²) in [5, 5.41) is 15.1. The molecular weight excluding hydrogens is 650 g/mol. The van der Waals surface area contributed by atoms with Gasteiger partial charge in [-0.1, -0.05) is 111 Å². The van der Waals surface area contributed by atoms with Gasteiger partial charge in [-0.05, 0) is 57.3 Å². The number of amides is 3. The van der Waals surface area contributed by atoms with Gasteiger partial charge in [0.25, 0.3) is 5.91 Å². The highest BCUT2D eigenvalue weighted by molar-refractivity contribution is 5.85. The fourth-order valence-electron chi connectivity index (χ4n) is 6.55. The minimum absolute atomic E-state index is 0.0134. The molecule has 51 heavy (non-hydrogen) atoms. The lowest BCUT2D eigenvalue weighted by Crippen LogP contribution is -2.47. The second kappa shape index (κ2) is 16.8. The van der Waals surface area contributed by atoms with Gasteiger partial charge in [-0.15, -0.1) is 0 Å². The fraction of sp³-hybridized carbons (Fsp3) is 0.300. The summed E-state index contributed by atoms with van der Waals surface area (Å²) < 4.78 is 10.8. The van der Waals surface area contributed by atoms with Crippen LogP contribution in [0.5, 0.6) is 0 Å². The highest BCUT2D eigenvalue weighted by Crippen LogP contribution is 2.45. The molecule has 2 atom stereocenters. The van der Waals surface area contributed by atoms with Gasteiger partial charge in [0.15, 0.2) is 0 Å². The maximum Gasteiger partial charge on any atom is 0.407 e. The van der Waals surface area contributed by atoms with Gasteiger partial charge in [0, 0.05) is 18.9 Å². The number of nitrogens with zero attached hydrogens (tertiary/aromatic N) is 1. The molecule has 0 fully saturated rings. The van der Waals surface area contributed by atoms with E-state index in [4.69, 9.17) is 19.4 Å². The van der Waals surface area contributed by atoms with Crippen LogP contribution in [0.1, 0.15) is 60.8 Å². The fourth-order valence-corrected chi connectivity index (χ4v) is 6.55. The third-order valence-electron chi connectivity index (χ3n) is 9.27. The number of carbonyl (C=O) groups is 4. The van der Waals surface area contributed by atoms with E-state index in [1.807, 2.05) is 67.6 Å². The van der Waals surface area contributed by atoms with Gasteiger partial charge < -0.3 is 25.2 Å². The van der Waals surface area contributed by atoms with E-state index in [9.17, 15) is 19.2 Å². The standard InChI is InChI=1S/C21H24N2O4.C19H19NO4/c1-4-19(20(24)23(2)26-3)22-21(25)27-13-18-16-11-7-5-9-14(16)15-10-6-8-12-17(15)18;1-2-17(18(21)22)20-19(23)24-11-16-14-9-5-3-7-12(14)13-8-4-6-10-15(13)16/h5-12,18-19H,4,13H2,1-3H3,(H,22,25);3-10,16-17H,2,11H2,1H3,(H,20,23)(H,21,22)/t19-;17-/m00/s1. The number of ether oxygens (including phenoxy) is 2. The summed E-state index contributed by atoms with van der Waals surface area (Å²) in [6.45, 7) is 3.90. The lowest BCUT2D eigenvalue weighted by molar-refractivity contribution is -0.171. The Morgan fingerprint density at radius 1 is 0.627 bits per heavy atom. The van der Waals surface area contributed by atoms with Crippen LogP contribution in [0.25, 0.3) is 22.3 Å². The molecule has 3 amide bonds. The molecule has 2 aliphatic carbocycles. The van der Waals surface area contributed by atoms with E-state index in [1.165, 1.54) is 25.3 Å². The summed E-state index contributed by atoms with van der Waals surface area (Å²) in [7, 11) is 2.91. The van der Waals surface area contributed by atoms with E-state index in [-0.39, 0.29) is 31.0 Å². The summed E-state index contributed by atoms with van der Waals surface area (Å²) in [5.41, 5.74) is 9.19. The lowest BCUT2D eigenvalue weighted by atomic mass is 9.98. The molecule has 0 radical (unpaired) electrons. The van der Waals surface area contributed by atoms with Crippen LogP contribution in [0.15, 0.2) is 97.1 Å². The van der Waals surface area contributed by atoms with Crippen LogP contribution in [-0.2, 0) is 23.9 Å². The van der Waals surface area contributed by atoms with Crippen molar-refractivity contribution in [1.82, 2.24) is 15.7 Å². The molecule has 0 saturated heterocycles. The highest BCUT2D eigenvalue weighted by Gasteiger charge is 2.31. The number of carbonyl (C=O) groups excluding carboxylic acids is 3. The van der Waals surface area contributed by atoms with Crippen molar-refractivity contribution in [3.63, 3.8) is 0 Å². The summed E-state index contributed by atoms with van der Waals surface area (Å²) in [6.07, 6.45) is -0.566. The van der Waals surface area contributed by atoms with Crippen molar-refractivity contribution in [2.45, 2.75) is 50.6 Å². The van der Waals surface area contributed by atoms with E-state index in [1.54, 1.807) is 6.92 Å². The van der Waals surface area contributed by atoms with Crippen molar-refractivity contribution >= 4 is 24.1 Å². The molecule has 0 heterocycles. The average molecular weight is 694 g/mol. The Labute approximate surface area is 297 Å². The van der Waals surface area contributed by atoms with Crippen LogP contribution in [-0.4, -0.2) is 73.7 Å². The molecule has 0 unspecified atom stereocenters. The van der Waals surface area contributed by atoms with Crippen molar-refractivity contribution in [3.05, 3.63) is 119 Å². The monoisotopic (exact) mass is 693 g/mol. The summed E-state index contributed by atoms with van der Waals surface area (Å²) in [4.78, 5) is 52.2. The molecule has 2 aliphatic rings. The first kappa shape index (κ1) is 36.6. The molecule has 6 rings (SSSR count). The predicted octanol–water partition coefficient (Wildman–Crippen LogP) is 6.71. The summed E-state index contributed by atoms with van der Waals surface area (Å²) in [6, 6.07) is 30.8. The number of carboxylic acids is 1. The Morgan fingerprint density at radius 3 is 1.27 bits per heavy atom. The lowest BCUT2D eigenvalue weighted by Gasteiger charge is -2.22. The second-order valence-corrected chi connectivity index (χ2v) is 12.2. The van der Waals surface area contributed by atoms with Gasteiger partial charge in [-0.3, -0.25) is 9.63 Å². The normalized spacial score (nSPS) is 13.6. The quantitative estimate of drug-likeness (QED) is 0.147. The van der Waals surface area contributed by atoms with Gasteiger partial charge >= 0.3 is 18.2 Å². The SMILES string of the molecule is CC[C@H](NC(=O)OCC1c2ccccc2-c2ccccc21)C(=O)N(C)OC.CC[C@H](NC(=O)OCC1c2ccccc2-c2ccccc21)C(=O)O. The van der Waals surface area contributed by atoms with E-state index in [0.717, 1.165) is 38.4 Å². The first-order valence-electron chi connectivity index (χ1n) is 17.0. The molecule has 4 aromatic carbocycles. The first-order chi connectivity index (χ1) is 24.7. The Bertz CT molecular complexity index is 1790. The van der Waals surface area contributed by atoms with Crippen LogP contribution in [0.3, 0.4) is 0 Å². The number of hydrogen-bond acceptors (Lipinski definition) is 7. The van der Waals surface area contributed by atoms with Crippen molar-refractivity contribution in [2.75, 3.05) is 27.4 Å². The Kier molecular flexibility index (Phi) is 12.1. The zero-order valence-electron chi connectivity index (χ0n) is 29.1. The number of rotatable bonds is 11. The van der Waals surface area contributed by atoms with Crippen molar-refractivity contribution < 1.29 is 38.6 Å². The number of likely N-dealkylation sites (N-methyl/N-ethyl adjacent to an activating group) is 1. The van der Waals surface area contributed by atoms with Crippen LogP contribution in [0, 0.1) is 0 Å². The highest BCUT2D eigenvalue weighted by atomic mass is 16.7. The third kappa shape index (κ3) is 8.21. The van der Waals surface area contributed by atoms with Gasteiger partial charge in [0.2, 0.25) is 0 Å². The molecule has 0 aromatic heterocycles. The topological polar surface area (TPSA) is 144 Å². The number of benzene rings is 4. The molecule has 0 bridgehead atoms. The molecule has 0 spiro atoms. The number of aliphatic carboxylic acids is 1. The number of fused-ring (bicyclic) bond motifs is 6. The van der Waals surface area contributed by atoms with Gasteiger partial charge in [0.1, 0.15) is 25.3 Å². The molecular formula is C40H43N3O8. The van der Waals surface area contributed by atoms with Crippen molar-refractivity contribution in [2.24, 2.45) is 0 Å². The van der Waals surface area contributed by atoms with Gasteiger partial charge in [-0.2, -0.15) is 0 Å². The molecule has 4 aromatic rings. The smallest absolute Gasteiger partial charge is 0.407 e. The molecule has 0 saturated carbocycles. The first-order valence-corrected chi connectivity index (χ1v) is 17.0. The maximum atomic E-state index is 12.3. The zero-order valence-corrected chi connectivity index (χ0v) is 29.1. The minimum Gasteiger partial charge on any atom is -0.480 e. The Morgan fingerprint density at radius 2 is 0.961 bits per heavy atom. The number of carboxylic acid groups (broad SMARTS) is 1. The molecule has 11 nitrogen and oxygen atoms in total. The van der Waals surface area contributed by atoms with Crippen LogP contribution in [0.2, 0.25) is 0 Å². The number of nitrogens with one attached hydrogen (secondary N) is 2. The number of hydrogen-bond donors (Lipinski definition) is 3. The molecule has 0 aliphatic heterocycles. The van der Waals surface area contributed by atoms with Crippen molar-refractivity contribution in [3.8, 4) is 22.3 Å². The van der Waals surface area contributed by atoms with Crippen LogP contribution in [0.4, 0.5) is 9.59 Å². The van der Waals surface area contributed by atoms with Crippen LogP contribution < -0.4 is 10.6 Å². The van der Waals surface area contributed by atoms with Gasteiger partial charge in [-0.25, -0.2) is 19.4 Å².